The molecule has 23 heavy (non-hydrogen) atoms. The highest BCUT2D eigenvalue weighted by Gasteiger charge is 2.04. The van der Waals surface area contributed by atoms with Gasteiger partial charge in [0.15, 0.2) is 0 Å². The second-order valence-electron chi connectivity index (χ2n) is 4.88. The highest BCUT2D eigenvalue weighted by molar-refractivity contribution is 9.10. The number of halogens is 1. The van der Waals surface area contributed by atoms with Gasteiger partial charge in [0.2, 0.25) is 0 Å². The van der Waals surface area contributed by atoms with Gasteiger partial charge in [-0.15, -0.1) is 0 Å². The van der Waals surface area contributed by atoms with E-state index in [9.17, 15) is 4.79 Å². The highest BCUT2D eigenvalue weighted by atomic mass is 79.9. The van der Waals surface area contributed by atoms with Crippen LogP contribution >= 0.6 is 15.9 Å². The van der Waals surface area contributed by atoms with Gasteiger partial charge in [-0.25, -0.2) is 9.78 Å². The number of rotatable bonds is 3. The lowest BCUT2D eigenvalue weighted by molar-refractivity contribution is 0.262. The zero-order chi connectivity index (χ0) is 16.1. The van der Waals surface area contributed by atoms with Crippen molar-refractivity contribution >= 4 is 33.5 Å². The summed E-state index contributed by atoms with van der Waals surface area (Å²) in [6.07, 6.45) is 1.62. The van der Waals surface area contributed by atoms with Gasteiger partial charge in [-0.1, -0.05) is 58.4 Å². The lowest BCUT2D eigenvalue weighted by atomic mass is 10.1. The van der Waals surface area contributed by atoms with Gasteiger partial charge in [0, 0.05) is 16.4 Å². The van der Waals surface area contributed by atoms with Crippen LogP contribution in [0.15, 0.2) is 77.4 Å². The fourth-order valence-corrected chi connectivity index (χ4v) is 2.46. The topological polar surface area (TPSA) is 54.0 Å². The zero-order valence-corrected chi connectivity index (χ0v) is 13.7. The highest BCUT2D eigenvalue weighted by Crippen LogP contribution is 2.21. The van der Waals surface area contributed by atoms with Crippen molar-refractivity contribution in [3.8, 4) is 11.1 Å². The molecule has 0 bridgehead atoms. The van der Waals surface area contributed by atoms with Gasteiger partial charge in [0.25, 0.3) is 0 Å². The fraction of sp³-hybridized carbons (Fsp3) is 0. The Kier molecular flexibility index (Phi) is 4.68. The molecule has 2 N–H and O–H groups in total. The molecule has 0 unspecified atom stereocenters. The van der Waals surface area contributed by atoms with Crippen LogP contribution in [0.5, 0.6) is 0 Å². The Morgan fingerprint density at radius 1 is 0.870 bits per heavy atom. The van der Waals surface area contributed by atoms with Gasteiger partial charge in [-0.3, -0.25) is 5.32 Å². The molecular formula is C18H14BrN3O. The van der Waals surface area contributed by atoms with E-state index in [2.05, 4.69) is 31.5 Å². The number of carbonyl (C=O) groups excluding carboxylic acids is 1. The number of benzene rings is 2. The number of nitrogens with zero attached hydrogens (tertiary/aromatic N) is 1. The summed E-state index contributed by atoms with van der Waals surface area (Å²) in [7, 11) is 0. The summed E-state index contributed by atoms with van der Waals surface area (Å²) in [4.78, 5) is 16.0. The number of anilines is 2. The van der Waals surface area contributed by atoms with Crippen molar-refractivity contribution < 1.29 is 4.79 Å². The normalized spacial score (nSPS) is 10.1. The minimum absolute atomic E-state index is 0.330. The predicted octanol–water partition coefficient (Wildman–Crippen LogP) is 5.16. The Balaban J connectivity index is 1.65. The number of hydrogen-bond acceptors (Lipinski definition) is 2. The molecule has 0 aliphatic rings. The maximum Gasteiger partial charge on any atom is 0.324 e. The van der Waals surface area contributed by atoms with Crippen LogP contribution in [0.1, 0.15) is 0 Å². The first kappa shape index (κ1) is 15.2. The van der Waals surface area contributed by atoms with Gasteiger partial charge >= 0.3 is 6.03 Å². The van der Waals surface area contributed by atoms with Gasteiger partial charge in [0.1, 0.15) is 5.82 Å². The van der Waals surface area contributed by atoms with Gasteiger partial charge in [-0.05, 0) is 35.4 Å². The third-order valence-corrected chi connectivity index (χ3v) is 3.71. The van der Waals surface area contributed by atoms with Crippen LogP contribution in [-0.4, -0.2) is 11.0 Å². The Bertz CT molecular complexity index is 804. The number of pyridine rings is 1. The zero-order valence-electron chi connectivity index (χ0n) is 12.2. The summed E-state index contributed by atoms with van der Waals surface area (Å²) in [6.45, 7) is 0. The van der Waals surface area contributed by atoms with E-state index >= 15 is 0 Å². The van der Waals surface area contributed by atoms with Crippen LogP contribution in [0.4, 0.5) is 16.3 Å². The molecule has 5 heteroatoms. The van der Waals surface area contributed by atoms with Crippen molar-refractivity contribution in [2.45, 2.75) is 0 Å². The first-order chi connectivity index (χ1) is 11.2. The first-order valence-corrected chi connectivity index (χ1v) is 7.85. The molecule has 0 saturated heterocycles. The van der Waals surface area contributed by atoms with E-state index in [1.165, 1.54) is 0 Å². The van der Waals surface area contributed by atoms with E-state index in [0.717, 1.165) is 21.3 Å². The lowest BCUT2D eigenvalue weighted by Gasteiger charge is -2.08. The average molecular weight is 368 g/mol. The van der Waals surface area contributed by atoms with Crippen molar-refractivity contribution in [3.63, 3.8) is 0 Å². The second-order valence-corrected chi connectivity index (χ2v) is 5.80. The van der Waals surface area contributed by atoms with Crippen LogP contribution in [-0.2, 0) is 0 Å². The average Bonchev–Trinajstić information content (AvgIpc) is 2.56. The quantitative estimate of drug-likeness (QED) is 0.671. The Labute approximate surface area is 142 Å². The maximum atomic E-state index is 12.0. The molecule has 114 valence electrons. The number of urea groups is 1. The SMILES string of the molecule is O=C(Nc1ccc(-c2ccccc2)cc1)Nc1cc(Br)ccn1. The van der Waals surface area contributed by atoms with Crippen LogP contribution in [0, 0.1) is 0 Å². The number of aromatic nitrogens is 1. The van der Waals surface area contributed by atoms with Crippen molar-refractivity contribution in [3.05, 3.63) is 77.4 Å². The molecule has 3 aromatic rings. The smallest absolute Gasteiger partial charge is 0.308 e. The third kappa shape index (κ3) is 4.17. The Morgan fingerprint density at radius 3 is 2.26 bits per heavy atom. The van der Waals surface area contributed by atoms with Gasteiger partial charge in [-0.2, -0.15) is 0 Å². The predicted molar refractivity (Wildman–Crippen MR) is 96.5 cm³/mol. The van der Waals surface area contributed by atoms with Crippen molar-refractivity contribution in [2.75, 3.05) is 10.6 Å². The number of nitrogens with one attached hydrogen (secondary N) is 2. The van der Waals surface area contributed by atoms with Crippen molar-refractivity contribution in [1.29, 1.82) is 0 Å². The van der Waals surface area contributed by atoms with E-state index < -0.39 is 0 Å². The van der Waals surface area contributed by atoms with E-state index in [1.807, 2.05) is 54.6 Å². The van der Waals surface area contributed by atoms with Crippen molar-refractivity contribution in [2.24, 2.45) is 0 Å². The van der Waals surface area contributed by atoms with Gasteiger partial charge < -0.3 is 5.32 Å². The molecule has 2 amide bonds. The first-order valence-electron chi connectivity index (χ1n) is 7.06. The van der Waals surface area contributed by atoms with E-state index in [1.54, 1.807) is 18.3 Å². The molecule has 0 atom stereocenters. The third-order valence-electron chi connectivity index (χ3n) is 3.21. The summed E-state index contributed by atoms with van der Waals surface area (Å²) in [5.41, 5.74) is 2.96. The molecular weight excluding hydrogens is 354 g/mol. The molecule has 0 radical (unpaired) electrons. The number of amides is 2. The maximum absolute atomic E-state index is 12.0. The molecule has 1 aromatic heterocycles. The van der Waals surface area contributed by atoms with Crippen LogP contribution < -0.4 is 10.6 Å². The van der Waals surface area contributed by atoms with E-state index in [4.69, 9.17) is 0 Å². The number of hydrogen-bond donors (Lipinski definition) is 2. The molecule has 2 aromatic carbocycles. The summed E-state index contributed by atoms with van der Waals surface area (Å²) < 4.78 is 0.856. The second kappa shape index (κ2) is 7.07. The van der Waals surface area contributed by atoms with Crippen LogP contribution in [0.2, 0.25) is 0 Å². The van der Waals surface area contributed by atoms with E-state index in [0.29, 0.717) is 5.82 Å². The summed E-state index contributed by atoms with van der Waals surface area (Å²) >= 11 is 3.34. The van der Waals surface area contributed by atoms with Gasteiger partial charge in [0.05, 0.1) is 0 Å². The minimum Gasteiger partial charge on any atom is -0.308 e. The van der Waals surface area contributed by atoms with Crippen molar-refractivity contribution in [1.82, 2.24) is 4.98 Å². The molecule has 0 saturated carbocycles. The number of carbonyl (C=O) groups is 1. The Morgan fingerprint density at radius 2 is 1.57 bits per heavy atom. The standard InChI is InChI=1S/C18H14BrN3O/c19-15-10-11-20-17(12-15)22-18(23)21-16-8-6-14(7-9-16)13-4-2-1-3-5-13/h1-12H,(H2,20,21,22,23). The summed E-state index contributed by atoms with van der Waals surface area (Å²) in [5.74, 6) is 0.484. The molecule has 3 rings (SSSR count). The Hall–Kier alpha value is -2.66. The molecule has 0 aliphatic carbocycles. The van der Waals surface area contributed by atoms with Crippen LogP contribution in [0.25, 0.3) is 11.1 Å². The fourth-order valence-electron chi connectivity index (χ4n) is 2.13. The molecule has 0 spiro atoms. The summed E-state index contributed by atoms with van der Waals surface area (Å²) in [5, 5.41) is 5.47. The molecule has 1 heterocycles. The lowest BCUT2D eigenvalue weighted by Crippen LogP contribution is -2.19. The summed E-state index contributed by atoms with van der Waals surface area (Å²) in [6, 6.07) is 21.0. The molecule has 4 nitrogen and oxygen atoms in total. The van der Waals surface area contributed by atoms with Crippen LogP contribution in [0.3, 0.4) is 0 Å². The minimum atomic E-state index is -0.330. The largest absolute Gasteiger partial charge is 0.324 e. The van der Waals surface area contributed by atoms with E-state index in [-0.39, 0.29) is 6.03 Å². The molecule has 0 fully saturated rings. The molecule has 0 aliphatic heterocycles. The monoisotopic (exact) mass is 367 g/mol.